The summed E-state index contributed by atoms with van der Waals surface area (Å²) in [7, 11) is -4.31. The highest BCUT2D eigenvalue weighted by molar-refractivity contribution is 7.91. The fourth-order valence-corrected chi connectivity index (χ4v) is 1.74. The average Bonchev–Trinajstić information content (AvgIpc) is 1.80. The van der Waals surface area contributed by atoms with Crippen LogP contribution in [0.5, 0.6) is 0 Å². The van der Waals surface area contributed by atoms with Crippen LogP contribution in [0.25, 0.3) is 0 Å². The van der Waals surface area contributed by atoms with E-state index in [0.29, 0.717) is 0 Å². The molecule has 0 saturated carbocycles. The van der Waals surface area contributed by atoms with Crippen molar-refractivity contribution in [3.63, 3.8) is 0 Å². The Balaban J connectivity index is 3.20. The van der Waals surface area contributed by atoms with E-state index in [1.54, 1.807) is 6.92 Å². The molecule has 0 atom stereocenters. The molecule has 0 spiro atoms. The largest absolute Gasteiger partial charge is 0.229 e. The summed E-state index contributed by atoms with van der Waals surface area (Å²) >= 11 is 0. The molecule has 54 valence electrons. The molecule has 1 heterocycles. The lowest BCUT2D eigenvalue weighted by Gasteiger charge is -2.16. The Morgan fingerprint density at radius 3 is 2.33 bits per heavy atom. The normalized spacial score (nSPS) is 45.9. The van der Waals surface area contributed by atoms with Crippen LogP contribution in [0.1, 0.15) is 25.2 Å². The first-order valence-electron chi connectivity index (χ1n) is 4.84. The van der Waals surface area contributed by atoms with E-state index in [1.807, 2.05) is 0 Å². The second-order valence-corrected chi connectivity index (χ2v) is 3.89. The molecule has 3 heteroatoms. The van der Waals surface area contributed by atoms with Crippen LogP contribution in [0.3, 0.4) is 0 Å². The molecule has 0 bridgehead atoms. The third kappa shape index (κ3) is 1.97. The van der Waals surface area contributed by atoms with Crippen molar-refractivity contribution in [1.29, 1.82) is 0 Å². The maximum Gasteiger partial charge on any atom is 0.150 e. The van der Waals surface area contributed by atoms with Gasteiger partial charge in [-0.25, -0.2) is 8.42 Å². The van der Waals surface area contributed by atoms with Gasteiger partial charge >= 0.3 is 0 Å². The van der Waals surface area contributed by atoms with Crippen molar-refractivity contribution in [2.24, 2.45) is 5.92 Å². The summed E-state index contributed by atoms with van der Waals surface area (Å²) < 4.78 is 51.7. The Hall–Kier alpha value is -0.0500. The predicted octanol–water partition coefficient (Wildman–Crippen LogP) is 0.831. The molecule has 0 aromatic rings. The minimum absolute atomic E-state index is 0.116. The van der Waals surface area contributed by atoms with Crippen LogP contribution in [0, 0.1) is 5.92 Å². The van der Waals surface area contributed by atoms with Gasteiger partial charge in [-0.3, -0.25) is 0 Å². The summed E-state index contributed by atoms with van der Waals surface area (Å²) in [5, 5.41) is 0. The van der Waals surface area contributed by atoms with E-state index >= 15 is 0 Å². The Bertz CT molecular complexity index is 285. The molecule has 0 unspecified atom stereocenters. The molecule has 9 heavy (non-hydrogen) atoms. The van der Waals surface area contributed by atoms with Gasteiger partial charge in [0.1, 0.15) is 9.84 Å². The fraction of sp³-hybridized carbons (Fsp3) is 1.00. The molecule has 0 radical (unpaired) electrons. The van der Waals surface area contributed by atoms with Crippen molar-refractivity contribution in [2.45, 2.75) is 19.8 Å². The van der Waals surface area contributed by atoms with E-state index < -0.39 is 21.2 Å². The SMILES string of the molecule is [2H]C1([2H])CC(C)CC([2H])([2H])S1(=O)=O. The lowest BCUT2D eigenvalue weighted by Crippen LogP contribution is -2.21. The number of hydrogen-bond donors (Lipinski definition) is 0. The third-order valence-corrected chi connectivity index (χ3v) is 2.34. The quantitative estimate of drug-likeness (QED) is 0.515. The molecule has 0 aliphatic carbocycles. The van der Waals surface area contributed by atoms with Gasteiger partial charge in [0.05, 0.1) is 11.4 Å². The Labute approximate surface area is 61.8 Å². The summed E-state index contributed by atoms with van der Waals surface area (Å²) in [4.78, 5) is 0. The van der Waals surface area contributed by atoms with Gasteiger partial charge in [0.25, 0.3) is 0 Å². The molecule has 1 rings (SSSR count). The predicted molar refractivity (Wildman–Crippen MR) is 37.1 cm³/mol. The van der Waals surface area contributed by atoms with Gasteiger partial charge in [0, 0.05) is 5.48 Å². The number of rotatable bonds is 0. The van der Waals surface area contributed by atoms with E-state index in [1.165, 1.54) is 0 Å². The smallest absolute Gasteiger partial charge is 0.150 e. The van der Waals surface area contributed by atoms with Crippen LogP contribution >= 0.6 is 0 Å². The first-order chi connectivity index (χ1) is 5.60. The zero-order valence-corrected chi connectivity index (χ0v) is 6.03. The molecule has 0 aromatic carbocycles. The highest BCUT2D eigenvalue weighted by Gasteiger charge is 2.19. The van der Waals surface area contributed by atoms with E-state index in [0.717, 1.165) is 0 Å². The lowest BCUT2D eigenvalue weighted by atomic mass is 10.1. The molecule has 0 N–H and O–H groups in total. The van der Waals surface area contributed by atoms with Crippen molar-refractivity contribution in [1.82, 2.24) is 0 Å². The molecule has 0 amide bonds. The summed E-state index contributed by atoms with van der Waals surface area (Å²) in [6.45, 7) is 1.66. The van der Waals surface area contributed by atoms with Crippen molar-refractivity contribution in [3.8, 4) is 0 Å². The number of hydrogen-bond acceptors (Lipinski definition) is 2. The van der Waals surface area contributed by atoms with Gasteiger partial charge in [0.2, 0.25) is 0 Å². The molecule has 1 aliphatic rings. The second kappa shape index (κ2) is 2.29. The zero-order chi connectivity index (χ0) is 10.5. The standard InChI is InChI=1S/C6H12O2S/c1-6-2-4-9(7,8)5-3-6/h6H,2-5H2,1H3/i4D2,5D2. The summed E-state index contributed by atoms with van der Waals surface area (Å²) in [6, 6.07) is 0. The van der Waals surface area contributed by atoms with Crippen molar-refractivity contribution < 1.29 is 13.9 Å². The second-order valence-electron chi connectivity index (χ2n) is 2.31. The third-order valence-electron chi connectivity index (χ3n) is 1.24. The first-order valence-corrected chi connectivity index (χ1v) is 4.33. The van der Waals surface area contributed by atoms with Gasteiger partial charge in [0.15, 0.2) is 0 Å². The first kappa shape index (κ1) is 3.37. The van der Waals surface area contributed by atoms with Gasteiger partial charge < -0.3 is 0 Å². The average molecular weight is 152 g/mol. The van der Waals surface area contributed by atoms with Crippen LogP contribution in [0.2, 0.25) is 0 Å². The minimum Gasteiger partial charge on any atom is -0.229 e. The Morgan fingerprint density at radius 1 is 1.44 bits per heavy atom. The summed E-state index contributed by atoms with van der Waals surface area (Å²) in [5.74, 6) is -0.242. The fourth-order valence-electron chi connectivity index (χ4n) is 0.627. The minimum atomic E-state index is -4.31. The lowest BCUT2D eigenvalue weighted by molar-refractivity contribution is 0.500. The molecule has 1 fully saturated rings. The Kier molecular flexibility index (Phi) is 0.858. The maximum absolute atomic E-state index is 11.4. The molecular formula is C6H12O2S. The summed E-state index contributed by atoms with van der Waals surface area (Å²) in [6.07, 6.45) is -0.232. The van der Waals surface area contributed by atoms with E-state index in [-0.39, 0.29) is 18.8 Å². The van der Waals surface area contributed by atoms with E-state index in [4.69, 9.17) is 5.48 Å². The van der Waals surface area contributed by atoms with Crippen LogP contribution < -0.4 is 0 Å². The monoisotopic (exact) mass is 152 g/mol. The van der Waals surface area contributed by atoms with Crippen LogP contribution in [-0.2, 0) is 9.84 Å². The van der Waals surface area contributed by atoms with Crippen molar-refractivity contribution >= 4 is 9.84 Å². The topological polar surface area (TPSA) is 34.1 Å². The van der Waals surface area contributed by atoms with E-state index in [2.05, 4.69) is 0 Å². The Morgan fingerprint density at radius 2 is 1.89 bits per heavy atom. The summed E-state index contributed by atoms with van der Waals surface area (Å²) in [5.41, 5.74) is -4.84. The highest BCUT2D eigenvalue weighted by atomic mass is 32.2. The molecule has 0 aromatic heterocycles. The van der Waals surface area contributed by atoms with Gasteiger partial charge in [-0.15, -0.1) is 0 Å². The van der Waals surface area contributed by atoms with Gasteiger partial charge in [-0.2, -0.15) is 0 Å². The van der Waals surface area contributed by atoms with Crippen LogP contribution in [0.15, 0.2) is 0 Å². The molecule has 1 saturated heterocycles. The highest BCUT2D eigenvalue weighted by Crippen LogP contribution is 2.16. The van der Waals surface area contributed by atoms with Crippen LogP contribution in [0.4, 0.5) is 0 Å². The molecule has 2 nitrogen and oxygen atoms in total. The zero-order valence-electron chi connectivity index (χ0n) is 9.22. The van der Waals surface area contributed by atoms with Crippen molar-refractivity contribution in [2.75, 3.05) is 11.4 Å². The van der Waals surface area contributed by atoms with E-state index in [9.17, 15) is 8.42 Å². The number of sulfone groups is 1. The molecular weight excluding hydrogens is 136 g/mol. The maximum atomic E-state index is 11.4. The van der Waals surface area contributed by atoms with Gasteiger partial charge in [-0.1, -0.05) is 6.92 Å². The van der Waals surface area contributed by atoms with Crippen molar-refractivity contribution in [3.05, 3.63) is 0 Å². The van der Waals surface area contributed by atoms with Crippen LogP contribution in [-0.4, -0.2) is 19.8 Å². The molecule has 1 aliphatic heterocycles. The van der Waals surface area contributed by atoms with Gasteiger partial charge in [-0.05, 0) is 18.8 Å².